The van der Waals surface area contributed by atoms with Gasteiger partial charge in [-0.2, -0.15) is 0 Å². The van der Waals surface area contributed by atoms with E-state index in [2.05, 4.69) is 10.6 Å². The first-order valence-electron chi connectivity index (χ1n) is 7.66. The molecule has 4 nitrogen and oxygen atoms in total. The third-order valence-electron chi connectivity index (χ3n) is 4.22. The van der Waals surface area contributed by atoms with E-state index in [9.17, 15) is 22.8 Å². The number of benzene rings is 2. The van der Waals surface area contributed by atoms with Gasteiger partial charge in [-0.05, 0) is 48.4 Å². The molecule has 1 saturated heterocycles. The van der Waals surface area contributed by atoms with Crippen LogP contribution in [0, 0.1) is 30.3 Å². The van der Waals surface area contributed by atoms with Gasteiger partial charge in [0.15, 0.2) is 0 Å². The first kappa shape index (κ1) is 17.0. The Morgan fingerprint density at radius 2 is 1.76 bits per heavy atom. The Hall–Kier alpha value is -2.83. The van der Waals surface area contributed by atoms with E-state index in [-0.39, 0.29) is 12.1 Å². The summed E-state index contributed by atoms with van der Waals surface area (Å²) in [5.41, 5.74) is 1.10. The van der Waals surface area contributed by atoms with Gasteiger partial charge in [-0.15, -0.1) is 0 Å². The van der Waals surface area contributed by atoms with Crippen LogP contribution in [0.3, 0.4) is 0 Å². The second-order valence-corrected chi connectivity index (χ2v) is 5.98. The Morgan fingerprint density at radius 1 is 1.08 bits per heavy atom. The Labute approximate surface area is 142 Å². The van der Waals surface area contributed by atoms with Gasteiger partial charge in [0.05, 0.1) is 0 Å². The van der Waals surface area contributed by atoms with Crippen LogP contribution >= 0.6 is 0 Å². The fraction of sp³-hybridized carbons (Fsp3) is 0.222. The predicted molar refractivity (Wildman–Crippen MR) is 85.4 cm³/mol. The molecule has 1 fully saturated rings. The topological polar surface area (TPSA) is 58.2 Å². The molecule has 3 rings (SSSR count). The van der Waals surface area contributed by atoms with Gasteiger partial charge in [0.25, 0.3) is 0 Å². The monoisotopic (exact) mass is 348 g/mol. The smallest absolute Gasteiger partial charge is 0.237 e. The molecule has 1 aliphatic heterocycles. The molecular formula is C18H15F3N2O2. The Bertz CT molecular complexity index is 834. The number of nitrogens with one attached hydrogen (secondary N) is 2. The lowest BCUT2D eigenvalue weighted by atomic mass is 9.87. The molecule has 2 N–H and O–H groups in total. The number of hydrogen-bond acceptors (Lipinski definition) is 2. The van der Waals surface area contributed by atoms with Crippen LogP contribution in [0.2, 0.25) is 0 Å². The van der Waals surface area contributed by atoms with Crippen LogP contribution in [0.1, 0.15) is 17.0 Å². The molecule has 2 aromatic carbocycles. The number of halogens is 3. The fourth-order valence-corrected chi connectivity index (χ4v) is 3.00. The van der Waals surface area contributed by atoms with Gasteiger partial charge in [0.2, 0.25) is 11.8 Å². The maximum Gasteiger partial charge on any atom is 0.237 e. The lowest BCUT2D eigenvalue weighted by Gasteiger charge is -2.18. The van der Waals surface area contributed by atoms with Crippen molar-refractivity contribution in [3.8, 4) is 0 Å². The summed E-state index contributed by atoms with van der Waals surface area (Å²) < 4.78 is 40.1. The molecule has 0 spiro atoms. The molecule has 1 aliphatic rings. The van der Waals surface area contributed by atoms with E-state index in [0.29, 0.717) is 11.3 Å². The Balaban J connectivity index is 1.87. The second kappa shape index (κ2) is 6.58. The SMILES string of the molecule is Cc1cc(F)ccc1NC(=O)C1C(=O)NCC1c1cc(F)cc(F)c1. The Kier molecular flexibility index (Phi) is 4.48. The van der Waals surface area contributed by atoms with E-state index in [1.165, 1.54) is 18.2 Å². The summed E-state index contributed by atoms with van der Waals surface area (Å²) in [4.78, 5) is 24.6. The van der Waals surface area contributed by atoms with Crippen molar-refractivity contribution in [3.63, 3.8) is 0 Å². The normalized spacial score (nSPS) is 19.6. The lowest BCUT2D eigenvalue weighted by Crippen LogP contribution is -2.32. The van der Waals surface area contributed by atoms with Crippen molar-refractivity contribution < 1.29 is 22.8 Å². The van der Waals surface area contributed by atoms with E-state index < -0.39 is 41.1 Å². The lowest BCUT2D eigenvalue weighted by molar-refractivity contribution is -0.130. The van der Waals surface area contributed by atoms with Crippen LogP contribution in [-0.2, 0) is 9.59 Å². The minimum absolute atomic E-state index is 0.0994. The zero-order valence-electron chi connectivity index (χ0n) is 13.3. The fourth-order valence-electron chi connectivity index (χ4n) is 3.00. The summed E-state index contributed by atoms with van der Waals surface area (Å²) in [6, 6.07) is 6.78. The minimum atomic E-state index is -1.13. The third-order valence-corrected chi connectivity index (χ3v) is 4.22. The second-order valence-electron chi connectivity index (χ2n) is 5.98. The van der Waals surface area contributed by atoms with E-state index in [1.54, 1.807) is 6.92 Å². The molecule has 2 amide bonds. The van der Waals surface area contributed by atoms with Gasteiger partial charge in [0.1, 0.15) is 23.4 Å². The summed E-state index contributed by atoms with van der Waals surface area (Å²) >= 11 is 0. The Morgan fingerprint density at radius 3 is 2.40 bits per heavy atom. The van der Waals surface area contributed by atoms with Crippen molar-refractivity contribution in [1.29, 1.82) is 0 Å². The number of hydrogen-bond donors (Lipinski definition) is 2. The number of amides is 2. The van der Waals surface area contributed by atoms with Crippen molar-refractivity contribution >= 4 is 17.5 Å². The maximum atomic E-state index is 13.5. The highest BCUT2D eigenvalue weighted by Crippen LogP contribution is 2.31. The van der Waals surface area contributed by atoms with Crippen LogP contribution in [0.25, 0.3) is 0 Å². The quantitative estimate of drug-likeness (QED) is 0.838. The number of aryl methyl sites for hydroxylation is 1. The molecule has 2 unspecified atom stereocenters. The van der Waals surface area contributed by atoms with E-state index in [1.807, 2.05) is 0 Å². The summed E-state index contributed by atoms with van der Waals surface area (Å²) in [6.07, 6.45) is 0. The molecule has 0 saturated carbocycles. The molecule has 2 atom stereocenters. The third kappa shape index (κ3) is 3.50. The number of anilines is 1. The van der Waals surface area contributed by atoms with Crippen LogP contribution in [0.5, 0.6) is 0 Å². The van der Waals surface area contributed by atoms with Gasteiger partial charge >= 0.3 is 0 Å². The van der Waals surface area contributed by atoms with Crippen molar-refractivity contribution in [2.24, 2.45) is 5.92 Å². The summed E-state index contributed by atoms with van der Waals surface area (Å²) in [6.45, 7) is 1.72. The molecule has 0 aromatic heterocycles. The molecule has 130 valence electrons. The van der Waals surface area contributed by atoms with Gasteiger partial charge in [-0.1, -0.05) is 0 Å². The summed E-state index contributed by atoms with van der Waals surface area (Å²) in [7, 11) is 0. The molecule has 7 heteroatoms. The van der Waals surface area contributed by atoms with Gasteiger partial charge in [0, 0.05) is 24.2 Å². The predicted octanol–water partition coefficient (Wildman–Crippen LogP) is 2.88. The minimum Gasteiger partial charge on any atom is -0.355 e. The first-order valence-corrected chi connectivity index (χ1v) is 7.66. The highest BCUT2D eigenvalue weighted by atomic mass is 19.1. The highest BCUT2D eigenvalue weighted by Gasteiger charge is 2.41. The summed E-state index contributed by atoms with van der Waals surface area (Å²) in [5, 5.41) is 5.13. The largest absolute Gasteiger partial charge is 0.355 e. The number of carbonyl (C=O) groups excluding carboxylic acids is 2. The first-order chi connectivity index (χ1) is 11.8. The molecule has 25 heavy (non-hydrogen) atoms. The zero-order valence-corrected chi connectivity index (χ0v) is 13.3. The summed E-state index contributed by atoms with van der Waals surface area (Å²) in [5.74, 6) is -4.96. The zero-order chi connectivity index (χ0) is 18.1. The standard InChI is InChI=1S/C18H15F3N2O2/c1-9-4-11(19)2-3-15(9)23-18(25)16-14(8-22-17(16)24)10-5-12(20)7-13(21)6-10/h2-7,14,16H,8H2,1H3,(H,22,24)(H,23,25). The molecule has 0 aliphatic carbocycles. The van der Waals surface area contributed by atoms with Crippen molar-refractivity contribution in [2.45, 2.75) is 12.8 Å². The molecule has 2 aromatic rings. The van der Waals surface area contributed by atoms with Crippen LogP contribution in [-0.4, -0.2) is 18.4 Å². The van der Waals surface area contributed by atoms with E-state index in [0.717, 1.165) is 18.2 Å². The van der Waals surface area contributed by atoms with Crippen molar-refractivity contribution in [3.05, 3.63) is 65.0 Å². The van der Waals surface area contributed by atoms with Crippen molar-refractivity contribution in [1.82, 2.24) is 5.32 Å². The van der Waals surface area contributed by atoms with Crippen molar-refractivity contribution in [2.75, 3.05) is 11.9 Å². The van der Waals surface area contributed by atoms with Crippen LogP contribution in [0.4, 0.5) is 18.9 Å². The van der Waals surface area contributed by atoms with E-state index in [4.69, 9.17) is 0 Å². The highest BCUT2D eigenvalue weighted by molar-refractivity contribution is 6.08. The number of carbonyl (C=O) groups is 2. The average molecular weight is 348 g/mol. The molecule has 0 radical (unpaired) electrons. The molecule has 1 heterocycles. The van der Waals surface area contributed by atoms with Gasteiger partial charge < -0.3 is 10.6 Å². The van der Waals surface area contributed by atoms with Crippen LogP contribution in [0.15, 0.2) is 36.4 Å². The number of rotatable bonds is 3. The van der Waals surface area contributed by atoms with Gasteiger partial charge in [-0.25, -0.2) is 13.2 Å². The average Bonchev–Trinajstić information content (AvgIpc) is 2.91. The molecule has 0 bridgehead atoms. The van der Waals surface area contributed by atoms with Crippen LogP contribution < -0.4 is 10.6 Å². The maximum absolute atomic E-state index is 13.5. The molecular weight excluding hydrogens is 333 g/mol. The van der Waals surface area contributed by atoms with E-state index >= 15 is 0 Å². The van der Waals surface area contributed by atoms with Gasteiger partial charge in [-0.3, -0.25) is 9.59 Å².